The summed E-state index contributed by atoms with van der Waals surface area (Å²) in [5.74, 6) is -0.172. The lowest BCUT2D eigenvalue weighted by Gasteiger charge is -2.17. The quantitative estimate of drug-likeness (QED) is 0.844. The van der Waals surface area contributed by atoms with Crippen LogP contribution in [0.2, 0.25) is 0 Å². The van der Waals surface area contributed by atoms with Gasteiger partial charge >= 0.3 is 0 Å². The zero-order chi connectivity index (χ0) is 12.7. The van der Waals surface area contributed by atoms with E-state index < -0.39 is 0 Å². The predicted octanol–water partition coefficient (Wildman–Crippen LogP) is 1.25. The molecule has 0 spiro atoms. The van der Waals surface area contributed by atoms with Gasteiger partial charge in [-0.2, -0.15) is 0 Å². The van der Waals surface area contributed by atoms with Crippen molar-refractivity contribution in [3.63, 3.8) is 0 Å². The van der Waals surface area contributed by atoms with Crippen LogP contribution < -0.4 is 5.32 Å². The molecule has 1 saturated carbocycles. The molecule has 1 heterocycles. The number of hydrogen-bond donors (Lipinski definition) is 2. The fourth-order valence-electron chi connectivity index (χ4n) is 2.17. The number of nitrogens with zero attached hydrogens (tertiary/aromatic N) is 1. The second kappa shape index (κ2) is 4.08. The molecule has 18 heavy (non-hydrogen) atoms. The first-order valence-corrected chi connectivity index (χ1v) is 6.05. The SMILES string of the molecule is N=C1c2cc(F)ccc2CN1CC(=O)NC1CC1. The van der Waals surface area contributed by atoms with Gasteiger partial charge < -0.3 is 10.2 Å². The molecule has 0 unspecified atom stereocenters. The summed E-state index contributed by atoms with van der Waals surface area (Å²) in [5, 5.41) is 10.8. The largest absolute Gasteiger partial charge is 0.352 e. The number of hydrogen-bond acceptors (Lipinski definition) is 2. The summed E-state index contributed by atoms with van der Waals surface area (Å²) >= 11 is 0. The Morgan fingerprint density at radius 3 is 3.00 bits per heavy atom. The maximum Gasteiger partial charge on any atom is 0.239 e. The summed E-state index contributed by atoms with van der Waals surface area (Å²) in [6.45, 7) is 0.679. The number of carbonyl (C=O) groups excluding carboxylic acids is 1. The molecule has 1 aromatic carbocycles. The molecule has 5 heteroatoms. The van der Waals surface area contributed by atoms with E-state index in [2.05, 4.69) is 5.32 Å². The Bertz CT molecular complexity index is 525. The van der Waals surface area contributed by atoms with E-state index in [4.69, 9.17) is 5.41 Å². The van der Waals surface area contributed by atoms with Gasteiger partial charge in [0.05, 0.1) is 6.54 Å². The number of amides is 1. The van der Waals surface area contributed by atoms with Gasteiger partial charge in [-0.3, -0.25) is 10.2 Å². The molecule has 1 aliphatic heterocycles. The number of fused-ring (bicyclic) bond motifs is 1. The molecule has 1 aliphatic carbocycles. The Morgan fingerprint density at radius 2 is 2.28 bits per heavy atom. The van der Waals surface area contributed by atoms with Crippen LogP contribution in [0.1, 0.15) is 24.0 Å². The minimum Gasteiger partial charge on any atom is -0.352 e. The van der Waals surface area contributed by atoms with E-state index >= 15 is 0 Å². The third-order valence-electron chi connectivity index (χ3n) is 3.28. The van der Waals surface area contributed by atoms with Crippen LogP contribution in [0.4, 0.5) is 4.39 Å². The maximum absolute atomic E-state index is 13.1. The Balaban J connectivity index is 1.69. The second-order valence-electron chi connectivity index (χ2n) is 4.85. The van der Waals surface area contributed by atoms with Crippen molar-refractivity contribution in [3.8, 4) is 0 Å². The van der Waals surface area contributed by atoms with Gasteiger partial charge in [-0.15, -0.1) is 0 Å². The van der Waals surface area contributed by atoms with E-state index in [0.717, 1.165) is 18.4 Å². The standard InChI is InChI=1S/C13H14FN3O/c14-9-2-1-8-6-17(13(15)11(8)5-9)7-12(18)16-10-3-4-10/h1-2,5,10,15H,3-4,6-7H2,(H,16,18). The highest BCUT2D eigenvalue weighted by atomic mass is 19.1. The normalized spacial score (nSPS) is 17.8. The van der Waals surface area contributed by atoms with Crippen molar-refractivity contribution >= 4 is 11.7 Å². The van der Waals surface area contributed by atoms with Crippen molar-refractivity contribution in [2.75, 3.05) is 6.54 Å². The fourth-order valence-corrected chi connectivity index (χ4v) is 2.17. The molecule has 3 rings (SSSR count). The zero-order valence-corrected chi connectivity index (χ0v) is 9.87. The molecule has 0 bridgehead atoms. The number of rotatable bonds is 3. The Morgan fingerprint density at radius 1 is 1.50 bits per heavy atom. The summed E-state index contributed by atoms with van der Waals surface area (Å²) in [7, 11) is 0. The van der Waals surface area contributed by atoms with Crippen molar-refractivity contribution in [2.45, 2.75) is 25.4 Å². The number of carbonyl (C=O) groups is 1. The molecule has 0 aromatic heterocycles. The maximum atomic E-state index is 13.1. The van der Waals surface area contributed by atoms with Crippen LogP contribution in [0.15, 0.2) is 18.2 Å². The lowest BCUT2D eigenvalue weighted by Crippen LogP contribution is -2.38. The van der Waals surface area contributed by atoms with Crippen LogP contribution in [0.5, 0.6) is 0 Å². The summed E-state index contributed by atoms with van der Waals surface area (Å²) < 4.78 is 13.1. The fraction of sp³-hybridized carbons (Fsp3) is 0.385. The van der Waals surface area contributed by atoms with Gasteiger partial charge in [0.15, 0.2) is 0 Å². The first-order valence-electron chi connectivity index (χ1n) is 6.05. The Kier molecular flexibility index (Phi) is 2.54. The number of nitrogens with one attached hydrogen (secondary N) is 2. The first-order chi connectivity index (χ1) is 8.63. The third kappa shape index (κ3) is 2.08. The molecular formula is C13H14FN3O. The molecule has 1 aromatic rings. The monoisotopic (exact) mass is 247 g/mol. The predicted molar refractivity (Wildman–Crippen MR) is 64.8 cm³/mol. The van der Waals surface area contributed by atoms with E-state index in [9.17, 15) is 9.18 Å². The molecule has 94 valence electrons. The van der Waals surface area contributed by atoms with Crippen molar-refractivity contribution in [1.82, 2.24) is 10.2 Å². The molecular weight excluding hydrogens is 233 g/mol. The lowest BCUT2D eigenvalue weighted by atomic mass is 10.1. The molecule has 0 radical (unpaired) electrons. The van der Waals surface area contributed by atoms with Crippen LogP contribution in [0.25, 0.3) is 0 Å². The van der Waals surface area contributed by atoms with E-state index in [1.165, 1.54) is 12.1 Å². The molecule has 1 amide bonds. The van der Waals surface area contributed by atoms with Gasteiger partial charge in [0.1, 0.15) is 11.7 Å². The van der Waals surface area contributed by atoms with Crippen molar-refractivity contribution < 1.29 is 9.18 Å². The first kappa shape index (κ1) is 11.2. The average molecular weight is 247 g/mol. The van der Waals surface area contributed by atoms with Gasteiger partial charge in [-0.05, 0) is 30.5 Å². The zero-order valence-electron chi connectivity index (χ0n) is 9.87. The molecule has 0 atom stereocenters. The molecule has 1 fully saturated rings. The molecule has 2 N–H and O–H groups in total. The van der Waals surface area contributed by atoms with Crippen molar-refractivity contribution in [3.05, 3.63) is 35.1 Å². The molecule has 4 nitrogen and oxygen atoms in total. The van der Waals surface area contributed by atoms with Crippen molar-refractivity contribution in [1.29, 1.82) is 5.41 Å². The highest BCUT2D eigenvalue weighted by Crippen LogP contribution is 2.23. The highest BCUT2D eigenvalue weighted by molar-refractivity contribution is 6.02. The second-order valence-corrected chi connectivity index (χ2v) is 4.85. The van der Waals surface area contributed by atoms with Gasteiger partial charge in [-0.1, -0.05) is 6.07 Å². The summed E-state index contributed by atoms with van der Waals surface area (Å²) in [6.07, 6.45) is 2.10. The summed E-state index contributed by atoms with van der Waals surface area (Å²) in [5.41, 5.74) is 1.50. The van der Waals surface area contributed by atoms with Crippen LogP contribution >= 0.6 is 0 Å². The molecule has 2 aliphatic rings. The van der Waals surface area contributed by atoms with Gasteiger partial charge in [-0.25, -0.2) is 4.39 Å². The van der Waals surface area contributed by atoms with E-state index in [0.29, 0.717) is 18.2 Å². The average Bonchev–Trinajstić information content (AvgIpc) is 3.08. The van der Waals surface area contributed by atoms with Gasteiger partial charge in [0.25, 0.3) is 0 Å². The number of benzene rings is 1. The minimum atomic E-state index is -0.345. The smallest absolute Gasteiger partial charge is 0.239 e. The van der Waals surface area contributed by atoms with Gasteiger partial charge in [0.2, 0.25) is 5.91 Å². The molecule has 0 saturated heterocycles. The van der Waals surface area contributed by atoms with Gasteiger partial charge in [0, 0.05) is 18.2 Å². The van der Waals surface area contributed by atoms with Crippen LogP contribution in [0.3, 0.4) is 0 Å². The summed E-state index contributed by atoms with van der Waals surface area (Å²) in [6, 6.07) is 4.75. The lowest BCUT2D eigenvalue weighted by molar-refractivity contribution is -0.121. The third-order valence-corrected chi connectivity index (χ3v) is 3.28. The Labute approximate surface area is 104 Å². The Hall–Kier alpha value is -1.91. The van der Waals surface area contributed by atoms with Crippen molar-refractivity contribution in [2.24, 2.45) is 0 Å². The van der Waals surface area contributed by atoms with E-state index in [1.54, 1.807) is 11.0 Å². The van der Waals surface area contributed by atoms with Crippen LogP contribution in [-0.2, 0) is 11.3 Å². The summed E-state index contributed by atoms with van der Waals surface area (Å²) in [4.78, 5) is 13.4. The minimum absolute atomic E-state index is 0.0597. The number of halogens is 1. The highest BCUT2D eigenvalue weighted by Gasteiger charge is 2.28. The van der Waals surface area contributed by atoms with E-state index in [-0.39, 0.29) is 24.1 Å². The topological polar surface area (TPSA) is 56.2 Å². The van der Waals surface area contributed by atoms with Crippen LogP contribution in [-0.4, -0.2) is 29.2 Å². The van der Waals surface area contributed by atoms with E-state index in [1.807, 2.05) is 0 Å². The number of amidine groups is 1. The van der Waals surface area contributed by atoms with Crippen LogP contribution in [0, 0.1) is 11.2 Å².